The third-order valence-corrected chi connectivity index (χ3v) is 9.81. The zero-order valence-corrected chi connectivity index (χ0v) is 34.1. The van der Waals surface area contributed by atoms with Crippen LogP contribution in [0.15, 0.2) is 146 Å². The lowest BCUT2D eigenvalue weighted by Crippen LogP contribution is -2.57. The van der Waals surface area contributed by atoms with Gasteiger partial charge in [-0.15, -0.1) is 0 Å². The summed E-state index contributed by atoms with van der Waals surface area (Å²) >= 11 is 0. The van der Waals surface area contributed by atoms with E-state index in [1.54, 1.807) is 0 Å². The molecule has 5 amide bonds. The van der Waals surface area contributed by atoms with Crippen LogP contribution in [0.4, 0.5) is 9.59 Å². The average Bonchev–Trinajstić information content (AvgIpc) is 3.25. The van der Waals surface area contributed by atoms with Gasteiger partial charge in [0.25, 0.3) is 0 Å². The number of amides is 5. The van der Waals surface area contributed by atoms with Crippen LogP contribution in [-0.4, -0.2) is 71.3 Å². The quantitative estimate of drug-likeness (QED) is 0.0559. The van der Waals surface area contributed by atoms with Crippen LogP contribution in [0, 0.1) is 5.92 Å². The fourth-order valence-electron chi connectivity index (χ4n) is 6.60. The van der Waals surface area contributed by atoms with Crippen molar-refractivity contribution in [1.29, 1.82) is 0 Å². The molecular weight excluding hydrogens is 759 g/mol. The van der Waals surface area contributed by atoms with Gasteiger partial charge in [-0.25, -0.2) is 9.59 Å². The summed E-state index contributed by atoms with van der Waals surface area (Å²) in [4.78, 5) is 55.2. The number of nitrogens with zero attached hydrogens (tertiary/aromatic N) is 1. The maximum absolute atomic E-state index is 14.3. The molecule has 5 rings (SSSR count). The minimum atomic E-state index is -1.26. The largest absolute Gasteiger partial charge is 0.457 e. The number of aliphatic hydroxyl groups is 1. The van der Waals surface area contributed by atoms with E-state index in [4.69, 9.17) is 15.2 Å². The molecule has 0 bridgehead atoms. The Balaban J connectivity index is 1.35. The van der Waals surface area contributed by atoms with Crippen LogP contribution in [0.3, 0.4) is 0 Å². The van der Waals surface area contributed by atoms with Gasteiger partial charge in [-0.1, -0.05) is 135 Å². The Morgan fingerprint density at radius 1 is 0.633 bits per heavy atom. The van der Waals surface area contributed by atoms with E-state index in [0.717, 1.165) is 22.3 Å². The van der Waals surface area contributed by atoms with Gasteiger partial charge in [0.15, 0.2) is 0 Å². The van der Waals surface area contributed by atoms with Crippen LogP contribution < -0.4 is 26.4 Å². The minimum Gasteiger partial charge on any atom is -0.457 e. The van der Waals surface area contributed by atoms with Crippen LogP contribution in [0.1, 0.15) is 42.5 Å². The van der Waals surface area contributed by atoms with Gasteiger partial charge in [-0.05, 0) is 71.7 Å². The summed E-state index contributed by atoms with van der Waals surface area (Å²) in [6, 6.07) is 41.2. The first-order valence-electron chi connectivity index (χ1n) is 20.2. The molecule has 0 saturated heterocycles. The fourth-order valence-corrected chi connectivity index (χ4v) is 6.60. The second kappa shape index (κ2) is 23.1. The van der Waals surface area contributed by atoms with Gasteiger partial charge in [0, 0.05) is 13.0 Å². The van der Waals surface area contributed by atoms with Crippen molar-refractivity contribution in [2.45, 2.75) is 70.4 Å². The third kappa shape index (κ3) is 14.9. The lowest BCUT2D eigenvalue weighted by molar-refractivity contribution is -0.128. The Labute approximate surface area is 352 Å². The molecule has 0 aliphatic rings. The van der Waals surface area contributed by atoms with E-state index in [9.17, 15) is 24.3 Å². The summed E-state index contributed by atoms with van der Waals surface area (Å²) < 4.78 is 11.5. The lowest BCUT2D eigenvalue weighted by Gasteiger charge is -2.32. The van der Waals surface area contributed by atoms with Crippen molar-refractivity contribution >= 4 is 23.9 Å². The number of benzene rings is 5. The van der Waals surface area contributed by atoms with Gasteiger partial charge >= 0.3 is 12.1 Å². The highest BCUT2D eigenvalue weighted by Crippen LogP contribution is 2.22. The number of rotatable bonds is 21. The molecule has 0 heterocycles. The van der Waals surface area contributed by atoms with Crippen molar-refractivity contribution < 1.29 is 33.8 Å². The van der Waals surface area contributed by atoms with Crippen LogP contribution >= 0.6 is 0 Å². The number of carbonyl (C=O) groups excluding carboxylic acids is 4. The first-order chi connectivity index (χ1) is 29.0. The van der Waals surface area contributed by atoms with Gasteiger partial charge in [-0.2, -0.15) is 0 Å². The van der Waals surface area contributed by atoms with Crippen molar-refractivity contribution in [1.82, 2.24) is 20.9 Å². The summed E-state index contributed by atoms with van der Waals surface area (Å²) in [7, 11) is 0. The van der Waals surface area contributed by atoms with E-state index in [-0.39, 0.29) is 44.9 Å². The maximum Gasteiger partial charge on any atom is 0.407 e. The van der Waals surface area contributed by atoms with E-state index in [0.29, 0.717) is 17.9 Å². The van der Waals surface area contributed by atoms with Crippen molar-refractivity contribution in [3.8, 4) is 11.5 Å². The molecule has 60 heavy (non-hydrogen) atoms. The van der Waals surface area contributed by atoms with E-state index >= 15 is 0 Å². The fraction of sp³-hybridized carbons (Fsp3) is 0.292. The minimum absolute atomic E-state index is 0.0146. The number of alkyl carbamates (subject to hydrolysis) is 1. The highest BCUT2D eigenvalue weighted by atomic mass is 16.5. The van der Waals surface area contributed by atoms with Crippen LogP contribution in [0.5, 0.6) is 11.5 Å². The number of para-hydroxylation sites is 1. The zero-order valence-electron chi connectivity index (χ0n) is 34.1. The zero-order chi connectivity index (χ0) is 42.7. The molecule has 0 radical (unpaired) electrons. The summed E-state index contributed by atoms with van der Waals surface area (Å²) in [5.74, 6) is 0.0706. The molecule has 6 N–H and O–H groups in total. The van der Waals surface area contributed by atoms with E-state index in [1.165, 1.54) is 4.90 Å². The number of primary amides is 1. The molecule has 0 fully saturated rings. The van der Waals surface area contributed by atoms with E-state index in [1.807, 2.05) is 159 Å². The van der Waals surface area contributed by atoms with Gasteiger partial charge in [-0.3, -0.25) is 9.59 Å². The second-order valence-corrected chi connectivity index (χ2v) is 15.1. The third-order valence-electron chi connectivity index (χ3n) is 9.81. The molecule has 0 spiro atoms. The smallest absolute Gasteiger partial charge is 0.407 e. The Hall–Kier alpha value is -6.66. The molecule has 314 valence electrons. The van der Waals surface area contributed by atoms with Gasteiger partial charge in [0.2, 0.25) is 11.8 Å². The van der Waals surface area contributed by atoms with Gasteiger partial charge < -0.3 is 41.2 Å². The second-order valence-electron chi connectivity index (χ2n) is 15.1. The number of hydrogen-bond donors (Lipinski definition) is 5. The van der Waals surface area contributed by atoms with Crippen molar-refractivity contribution in [2.24, 2.45) is 11.7 Å². The number of aliphatic hydroxyl groups excluding tert-OH is 1. The molecule has 0 aliphatic carbocycles. The average molecular weight is 814 g/mol. The number of hydrogen-bond acceptors (Lipinski definition) is 7. The molecule has 0 aromatic heterocycles. The van der Waals surface area contributed by atoms with Gasteiger partial charge in [0.1, 0.15) is 30.2 Å². The summed E-state index contributed by atoms with van der Waals surface area (Å²) in [5, 5.41) is 20.3. The standard InChI is InChI=1S/C48H55N5O7/c1-34(2)29-43(46(56)50-42(45(49)55)31-37-17-9-4-10-18-37)51-47(57)53(28-27-35-23-25-40(26-24-35)60-39-21-13-6-14-22-39)32-44(54)41(30-36-15-7-3-8-16-36)52-48(58)59-33-38-19-11-5-12-20-38/h3-26,34,41-44,54H,27-33H2,1-2H3,(H2,49,55)(H,50,56)(H,51,57)(H,52,58)/t41-,42-,43-,44+/m0/s1. The molecule has 5 aromatic rings. The lowest BCUT2D eigenvalue weighted by atomic mass is 10.0. The van der Waals surface area contributed by atoms with Crippen molar-refractivity contribution in [3.63, 3.8) is 0 Å². The Morgan fingerprint density at radius 3 is 1.73 bits per heavy atom. The Kier molecular flexibility index (Phi) is 17.1. The van der Waals surface area contributed by atoms with E-state index < -0.39 is 48.2 Å². The summed E-state index contributed by atoms with van der Waals surface area (Å²) in [6.07, 6.45) is -0.899. The molecule has 0 saturated carbocycles. The molecule has 5 aromatic carbocycles. The summed E-state index contributed by atoms with van der Waals surface area (Å²) in [6.45, 7) is 3.82. The van der Waals surface area contributed by atoms with Crippen LogP contribution in [0.25, 0.3) is 0 Å². The first kappa shape index (κ1) is 44.4. The highest BCUT2D eigenvalue weighted by molar-refractivity contribution is 5.91. The topological polar surface area (TPSA) is 172 Å². The molecule has 12 nitrogen and oxygen atoms in total. The number of carbonyl (C=O) groups is 4. The predicted octanol–water partition coefficient (Wildman–Crippen LogP) is 6.56. The maximum atomic E-state index is 14.3. The molecule has 0 unspecified atom stereocenters. The molecule has 12 heteroatoms. The first-order valence-corrected chi connectivity index (χ1v) is 20.2. The Bertz CT molecular complexity index is 2070. The normalized spacial score (nSPS) is 12.9. The molecule has 4 atom stereocenters. The Morgan fingerprint density at radius 2 is 1.17 bits per heavy atom. The van der Waals surface area contributed by atoms with Crippen molar-refractivity contribution in [3.05, 3.63) is 168 Å². The SMILES string of the molecule is CC(C)C[C@H](NC(=O)N(CCc1ccc(Oc2ccccc2)cc1)C[C@@H](O)[C@H](Cc1ccccc1)NC(=O)OCc1ccccc1)C(=O)N[C@@H](Cc1ccccc1)C(N)=O. The summed E-state index contributed by atoms with van der Waals surface area (Å²) in [5.41, 5.74) is 9.09. The predicted molar refractivity (Wildman–Crippen MR) is 231 cm³/mol. The van der Waals surface area contributed by atoms with Crippen LogP contribution in [-0.2, 0) is 40.2 Å². The number of nitrogens with one attached hydrogen (secondary N) is 3. The monoisotopic (exact) mass is 813 g/mol. The molecule has 0 aliphatic heterocycles. The number of urea groups is 1. The van der Waals surface area contributed by atoms with E-state index in [2.05, 4.69) is 16.0 Å². The molecular formula is C48H55N5O7. The highest BCUT2D eigenvalue weighted by Gasteiger charge is 2.31. The van der Waals surface area contributed by atoms with Crippen molar-refractivity contribution in [2.75, 3.05) is 13.1 Å². The number of ether oxygens (including phenoxy) is 2. The van der Waals surface area contributed by atoms with Crippen LogP contribution in [0.2, 0.25) is 0 Å². The van der Waals surface area contributed by atoms with Gasteiger partial charge in [0.05, 0.1) is 18.7 Å². The number of nitrogens with two attached hydrogens (primary N) is 1.